The van der Waals surface area contributed by atoms with Crippen LogP contribution in [0.1, 0.15) is 103 Å². The van der Waals surface area contributed by atoms with Crippen LogP contribution >= 0.6 is 9.64 Å². The van der Waals surface area contributed by atoms with E-state index < -0.39 is 0 Å². The molecule has 0 spiro atoms. The topological polar surface area (TPSA) is 96.2 Å². The third kappa shape index (κ3) is 5.40. The number of hydrogen-bond acceptors (Lipinski definition) is 8. The average Bonchev–Trinajstić information content (AvgIpc) is 3.78. The molecule has 0 amide bonds. The molecule has 5 saturated heterocycles. The molecule has 0 aromatic carbocycles. The fraction of sp³-hybridized carbons (Fsp3) is 1.00. The molecule has 9 rings (SSSR count). The number of nitrogens with one attached hydrogen (secondary N) is 8. The van der Waals surface area contributed by atoms with Crippen molar-refractivity contribution in [3.05, 3.63) is 0 Å². The molecule has 0 aromatic heterocycles. The van der Waals surface area contributed by atoms with Gasteiger partial charge in [-0.3, -0.25) is 42.5 Å². The first-order valence-electron chi connectivity index (χ1n) is 18.0. The Morgan fingerprint density at radius 1 is 0.262 bits per heavy atom. The summed E-state index contributed by atoms with van der Waals surface area (Å²) in [7, 11) is 4.67. The number of hydrogen-bond donors (Lipinski definition) is 8. The van der Waals surface area contributed by atoms with Gasteiger partial charge >= 0.3 is 27.2 Å². The van der Waals surface area contributed by atoms with E-state index >= 15 is 0 Å². The molecule has 0 aromatic rings. The van der Waals surface area contributed by atoms with Crippen LogP contribution in [-0.2, 0) is 17.6 Å². The van der Waals surface area contributed by atoms with Gasteiger partial charge in [-0.15, -0.1) is 0 Å². The van der Waals surface area contributed by atoms with Gasteiger partial charge in [0, 0.05) is 0 Å². The van der Waals surface area contributed by atoms with E-state index in [1.807, 2.05) is 0 Å². The van der Waals surface area contributed by atoms with Crippen LogP contribution < -0.4 is 42.5 Å². The third-order valence-corrected chi connectivity index (χ3v) is 13.8. The summed E-state index contributed by atoms with van der Waals surface area (Å²) in [6.07, 6.45) is 25.6. The summed E-state index contributed by atoms with van der Waals surface area (Å²) in [5.41, 5.74) is 0. The van der Waals surface area contributed by atoms with Crippen molar-refractivity contribution in [3.63, 3.8) is 0 Å². The van der Waals surface area contributed by atoms with Gasteiger partial charge in [-0.25, -0.2) is 0 Å². The van der Waals surface area contributed by atoms with Crippen molar-refractivity contribution in [2.24, 2.45) is 47.3 Å². The van der Waals surface area contributed by atoms with Crippen LogP contribution in [-0.4, -0.2) is 49.3 Å². The Hall–Kier alpha value is 0.606. The second-order valence-corrected chi connectivity index (χ2v) is 15.6. The molecule has 10 heteroatoms. The predicted octanol–water partition coefficient (Wildman–Crippen LogP) is 3.29. The summed E-state index contributed by atoms with van der Waals surface area (Å²) in [5.74, 6) is 5.97. The van der Waals surface area contributed by atoms with E-state index in [0.29, 0.717) is 49.3 Å². The van der Waals surface area contributed by atoms with Gasteiger partial charge in [0.1, 0.15) is 0 Å². The van der Waals surface area contributed by atoms with Gasteiger partial charge in [0.05, 0.1) is 49.3 Å². The van der Waals surface area contributed by atoms with Crippen LogP contribution in [0, 0.1) is 47.3 Å². The van der Waals surface area contributed by atoms with Crippen LogP contribution in [0.3, 0.4) is 0 Å². The van der Waals surface area contributed by atoms with Crippen molar-refractivity contribution in [2.45, 2.75) is 152 Å². The quantitative estimate of drug-likeness (QED) is 0.190. The van der Waals surface area contributed by atoms with Gasteiger partial charge in [-0.2, -0.15) is 0 Å². The summed E-state index contributed by atoms with van der Waals surface area (Å²) in [4.78, 5) is 0. The molecule has 4 aliphatic carbocycles. The predicted molar refractivity (Wildman–Crippen MR) is 163 cm³/mol. The maximum atomic E-state index is 4.67. The summed E-state index contributed by atoms with van der Waals surface area (Å²) in [6.45, 7) is 0. The summed E-state index contributed by atoms with van der Waals surface area (Å²) in [5, 5.41) is 33.8. The summed E-state index contributed by atoms with van der Waals surface area (Å²) < 4.78 is 0. The van der Waals surface area contributed by atoms with Crippen LogP contribution in [0.15, 0.2) is 0 Å². The van der Waals surface area contributed by atoms with Gasteiger partial charge in [0.25, 0.3) is 0 Å². The zero-order valence-electron chi connectivity index (χ0n) is 25.3. The molecule has 42 heavy (non-hydrogen) atoms. The van der Waals surface area contributed by atoms with Gasteiger partial charge in [0.2, 0.25) is 0 Å². The second-order valence-electron chi connectivity index (χ2n) is 15.6. The van der Waals surface area contributed by atoms with Crippen LogP contribution in [0.5, 0.6) is 0 Å². The normalized spacial score (nSPS) is 55.0. The van der Waals surface area contributed by atoms with Gasteiger partial charge in [-0.05, 0) is 98.7 Å². The van der Waals surface area contributed by atoms with Crippen molar-refractivity contribution in [1.82, 2.24) is 42.5 Å². The summed E-state index contributed by atoms with van der Waals surface area (Å²) in [6, 6.07) is 0. The molecule has 5 aliphatic heterocycles. The molecule has 9 aliphatic rings. The molecule has 8 N–H and O–H groups in total. The van der Waals surface area contributed by atoms with E-state index in [1.165, 1.54) is 120 Å². The first-order chi connectivity index (χ1) is 20.8. The van der Waals surface area contributed by atoms with Gasteiger partial charge < -0.3 is 0 Å². The van der Waals surface area contributed by atoms with Crippen molar-refractivity contribution < 1.29 is 17.6 Å². The van der Waals surface area contributed by atoms with Crippen molar-refractivity contribution >= 4 is 9.64 Å². The van der Waals surface area contributed by atoms with E-state index in [9.17, 15) is 0 Å². The number of rotatable bonds is 0. The Morgan fingerprint density at radius 2 is 0.381 bits per heavy atom. The molecule has 9 fully saturated rings. The average molecular weight is 779 g/mol. The molecular formula is C32H56ClN8Os. The molecule has 8 nitrogen and oxygen atoms in total. The maximum absolute atomic E-state index is 4.67. The first kappa shape index (κ1) is 30.0. The first-order valence-corrected chi connectivity index (χ1v) is 21.2. The van der Waals surface area contributed by atoms with Crippen molar-refractivity contribution in [2.75, 3.05) is 0 Å². The van der Waals surface area contributed by atoms with E-state index in [-0.39, 0.29) is 0 Å². The molecule has 239 valence electrons. The Morgan fingerprint density at radius 3 is 0.500 bits per heavy atom. The van der Waals surface area contributed by atoms with Crippen LogP contribution in [0.4, 0.5) is 0 Å². The van der Waals surface area contributed by atoms with Crippen LogP contribution in [0.25, 0.3) is 0 Å². The molecule has 8 atom stereocenters. The molecule has 4 saturated carbocycles. The zero-order valence-corrected chi connectivity index (χ0v) is 28.6. The monoisotopic (exact) mass is 779 g/mol. The molecule has 8 unspecified atom stereocenters. The fourth-order valence-electron chi connectivity index (χ4n) is 12.0. The van der Waals surface area contributed by atoms with E-state index in [1.54, 1.807) is 0 Å². The Bertz CT molecular complexity index is 723. The van der Waals surface area contributed by atoms with E-state index in [4.69, 9.17) is 0 Å². The number of fused-ring (bicyclic) bond motifs is 20. The Labute approximate surface area is 268 Å². The van der Waals surface area contributed by atoms with Crippen LogP contribution in [0.2, 0.25) is 0 Å². The minimum absolute atomic E-state index is 0.420. The Kier molecular flexibility index (Phi) is 9.29. The van der Waals surface area contributed by atoms with Crippen molar-refractivity contribution in [1.29, 1.82) is 0 Å². The molecule has 5 heterocycles. The van der Waals surface area contributed by atoms with E-state index in [2.05, 4.69) is 52.2 Å². The SMILES string of the molecule is C1CCC2C3NC(NC4NC(NC5NC(NC6NC(N3)C3CCCCC63)C3CCCCC53)C3CCCCC43)C2C1.[Cl][Os]. The Balaban J connectivity index is 0.00000131. The van der Waals surface area contributed by atoms with Crippen molar-refractivity contribution in [3.8, 4) is 0 Å². The van der Waals surface area contributed by atoms with Gasteiger partial charge in [0.15, 0.2) is 0 Å². The summed E-state index contributed by atoms with van der Waals surface area (Å²) >= 11 is 1.33. The minimum atomic E-state index is 0.420. The number of halogens is 1. The molecule has 8 bridgehead atoms. The third-order valence-electron chi connectivity index (χ3n) is 13.8. The second kappa shape index (κ2) is 13.0. The van der Waals surface area contributed by atoms with Gasteiger partial charge in [-0.1, -0.05) is 51.4 Å². The molecule has 0 radical (unpaired) electrons. The van der Waals surface area contributed by atoms with E-state index in [0.717, 1.165) is 47.3 Å². The molecular weight excluding hydrogens is 722 g/mol. The fourth-order valence-corrected chi connectivity index (χ4v) is 12.0. The standard InChI is InChI=1S/C32H56N8.ClH.Os/c1-2-10-18-17(9-1)25-33-26(18)38-28-21-13-5-6-14-22(21)30(35-28)40-32-24-16-8-7-15-23(24)31(36-32)39-29-20-12-4-3-11-19(20)27(34-29)37-25;;/h17-40H,1-16H2;1H;/q;;+1/p-1. The zero-order chi connectivity index (χ0) is 28.2.